The van der Waals surface area contributed by atoms with Crippen LogP contribution >= 0.6 is 0 Å². The first kappa shape index (κ1) is 18.4. The van der Waals surface area contributed by atoms with Gasteiger partial charge in [0.05, 0.1) is 33.0 Å². The Kier molecular flexibility index (Phi) is 13.3. The zero-order chi connectivity index (χ0) is 11.6. The SMILES string of the molecule is C=CCOCC(CC)(CO)COCC=C.[Ti]. The molecule has 0 saturated heterocycles. The smallest absolute Gasteiger partial charge is 0.0645 e. The molecule has 0 saturated carbocycles. The molecule has 0 aliphatic heterocycles. The predicted octanol–water partition coefficient (Wildman–Crippen LogP) is 1.78. The molecule has 0 aromatic rings. The fourth-order valence-electron chi connectivity index (χ4n) is 1.17. The van der Waals surface area contributed by atoms with Crippen LogP contribution in [0.3, 0.4) is 0 Å². The van der Waals surface area contributed by atoms with Gasteiger partial charge in [0.25, 0.3) is 0 Å². The fraction of sp³-hybridized carbons (Fsp3) is 0.667. The summed E-state index contributed by atoms with van der Waals surface area (Å²) in [5, 5.41) is 9.36. The molecule has 0 heterocycles. The van der Waals surface area contributed by atoms with Crippen molar-refractivity contribution >= 4 is 0 Å². The van der Waals surface area contributed by atoms with Crippen LogP contribution in [0.4, 0.5) is 0 Å². The molecular formula is C12H22O3Ti. The van der Waals surface area contributed by atoms with Crippen LogP contribution in [0.1, 0.15) is 13.3 Å². The minimum Gasteiger partial charge on any atom is -0.396 e. The van der Waals surface area contributed by atoms with Crippen molar-refractivity contribution in [3.63, 3.8) is 0 Å². The molecule has 16 heavy (non-hydrogen) atoms. The van der Waals surface area contributed by atoms with E-state index < -0.39 is 0 Å². The maximum atomic E-state index is 9.36. The van der Waals surface area contributed by atoms with Crippen LogP contribution < -0.4 is 0 Å². The van der Waals surface area contributed by atoms with Gasteiger partial charge in [0.2, 0.25) is 0 Å². The summed E-state index contributed by atoms with van der Waals surface area (Å²) in [6.07, 6.45) is 4.21. The third-order valence-electron chi connectivity index (χ3n) is 2.37. The number of hydrogen-bond donors (Lipinski definition) is 1. The summed E-state index contributed by atoms with van der Waals surface area (Å²) < 4.78 is 10.8. The summed E-state index contributed by atoms with van der Waals surface area (Å²) in [4.78, 5) is 0. The summed E-state index contributed by atoms with van der Waals surface area (Å²) in [5.74, 6) is 0. The van der Waals surface area contributed by atoms with Crippen LogP contribution in [0, 0.1) is 5.41 Å². The molecule has 0 aromatic carbocycles. The van der Waals surface area contributed by atoms with Crippen LogP contribution in [-0.4, -0.2) is 38.1 Å². The molecule has 3 nitrogen and oxygen atoms in total. The van der Waals surface area contributed by atoms with Gasteiger partial charge in [-0.15, -0.1) is 13.2 Å². The fourth-order valence-corrected chi connectivity index (χ4v) is 1.17. The Morgan fingerprint density at radius 3 is 1.81 bits per heavy atom. The normalized spacial score (nSPS) is 10.6. The van der Waals surface area contributed by atoms with E-state index in [0.29, 0.717) is 26.4 Å². The molecule has 0 atom stereocenters. The van der Waals surface area contributed by atoms with Crippen LogP contribution in [0.25, 0.3) is 0 Å². The van der Waals surface area contributed by atoms with E-state index in [9.17, 15) is 5.11 Å². The quantitative estimate of drug-likeness (QED) is 0.370. The summed E-state index contributed by atoms with van der Waals surface area (Å²) in [5.41, 5.74) is -0.300. The third kappa shape index (κ3) is 7.36. The van der Waals surface area contributed by atoms with Gasteiger partial charge in [-0.25, -0.2) is 0 Å². The van der Waals surface area contributed by atoms with Gasteiger partial charge in [-0.3, -0.25) is 0 Å². The molecule has 0 rings (SSSR count). The van der Waals surface area contributed by atoms with Crippen molar-refractivity contribution < 1.29 is 36.3 Å². The number of ether oxygens (including phenoxy) is 2. The van der Waals surface area contributed by atoms with Gasteiger partial charge in [-0.1, -0.05) is 19.1 Å². The summed E-state index contributed by atoms with van der Waals surface area (Å²) >= 11 is 0. The van der Waals surface area contributed by atoms with Crippen LogP contribution in [0.5, 0.6) is 0 Å². The Bertz CT molecular complexity index is 163. The van der Waals surface area contributed by atoms with Crippen LogP contribution in [0.2, 0.25) is 0 Å². The Hall–Kier alpha value is 0.0743. The first-order valence-corrected chi connectivity index (χ1v) is 5.23. The van der Waals surface area contributed by atoms with Gasteiger partial charge in [0.15, 0.2) is 0 Å². The van der Waals surface area contributed by atoms with Gasteiger partial charge in [0, 0.05) is 27.1 Å². The molecule has 0 spiro atoms. The molecule has 0 amide bonds. The molecule has 0 aliphatic carbocycles. The van der Waals surface area contributed by atoms with Gasteiger partial charge in [0.1, 0.15) is 0 Å². The van der Waals surface area contributed by atoms with E-state index in [2.05, 4.69) is 13.2 Å². The van der Waals surface area contributed by atoms with Crippen molar-refractivity contribution in [2.24, 2.45) is 5.41 Å². The molecule has 1 N–H and O–H groups in total. The van der Waals surface area contributed by atoms with Gasteiger partial charge < -0.3 is 14.6 Å². The number of aliphatic hydroxyl groups is 1. The molecule has 0 radical (unpaired) electrons. The minimum absolute atomic E-state index is 0. The standard InChI is InChI=1S/C12H22O3.Ti/c1-4-7-14-10-12(6-3,9-13)11-15-8-5-2;/h4-5,13H,1-2,6-11H2,3H3;. The summed E-state index contributed by atoms with van der Waals surface area (Å²) in [6, 6.07) is 0. The van der Waals surface area contributed by atoms with E-state index >= 15 is 0 Å². The molecule has 0 aliphatic rings. The monoisotopic (exact) mass is 262 g/mol. The molecule has 0 bridgehead atoms. The maximum absolute atomic E-state index is 9.36. The number of aliphatic hydroxyl groups excluding tert-OH is 1. The van der Waals surface area contributed by atoms with E-state index in [0.717, 1.165) is 6.42 Å². The largest absolute Gasteiger partial charge is 0.396 e. The Labute approximate surface area is 113 Å². The number of rotatable bonds is 10. The second-order valence-electron chi connectivity index (χ2n) is 3.62. The second kappa shape index (κ2) is 11.6. The van der Waals surface area contributed by atoms with E-state index in [1.54, 1.807) is 12.2 Å². The molecule has 4 heteroatoms. The van der Waals surface area contributed by atoms with Crippen molar-refractivity contribution in [3.8, 4) is 0 Å². The Balaban J connectivity index is 0. The van der Waals surface area contributed by atoms with E-state index in [-0.39, 0.29) is 33.7 Å². The van der Waals surface area contributed by atoms with Crippen LogP contribution in [0.15, 0.2) is 25.3 Å². The van der Waals surface area contributed by atoms with Crippen LogP contribution in [-0.2, 0) is 31.2 Å². The predicted molar refractivity (Wildman–Crippen MR) is 61.8 cm³/mol. The van der Waals surface area contributed by atoms with E-state index in [1.807, 2.05) is 6.92 Å². The molecule has 92 valence electrons. The molecular weight excluding hydrogens is 240 g/mol. The second-order valence-corrected chi connectivity index (χ2v) is 3.62. The van der Waals surface area contributed by atoms with E-state index in [4.69, 9.17) is 9.47 Å². The first-order chi connectivity index (χ1) is 7.24. The zero-order valence-corrected chi connectivity index (χ0v) is 11.6. The minimum atomic E-state index is -0.300. The van der Waals surface area contributed by atoms with Crippen molar-refractivity contribution in [2.45, 2.75) is 13.3 Å². The average molecular weight is 262 g/mol. The topological polar surface area (TPSA) is 38.7 Å². The molecule has 0 fully saturated rings. The van der Waals surface area contributed by atoms with Gasteiger partial charge in [-0.05, 0) is 6.42 Å². The average Bonchev–Trinajstić information content (AvgIpc) is 2.28. The van der Waals surface area contributed by atoms with Gasteiger partial charge in [-0.2, -0.15) is 0 Å². The van der Waals surface area contributed by atoms with E-state index in [1.165, 1.54) is 0 Å². The third-order valence-corrected chi connectivity index (χ3v) is 2.37. The van der Waals surface area contributed by atoms with Gasteiger partial charge >= 0.3 is 0 Å². The Morgan fingerprint density at radius 2 is 1.56 bits per heavy atom. The molecule has 0 unspecified atom stereocenters. The number of hydrogen-bond acceptors (Lipinski definition) is 3. The Morgan fingerprint density at radius 1 is 1.12 bits per heavy atom. The first-order valence-electron chi connectivity index (χ1n) is 5.23. The summed E-state index contributed by atoms with van der Waals surface area (Å²) in [6.45, 7) is 11.2. The maximum Gasteiger partial charge on any atom is 0.0645 e. The van der Waals surface area contributed by atoms with Crippen molar-refractivity contribution in [3.05, 3.63) is 25.3 Å². The van der Waals surface area contributed by atoms with Crippen molar-refractivity contribution in [1.82, 2.24) is 0 Å². The van der Waals surface area contributed by atoms with Crippen molar-refractivity contribution in [2.75, 3.05) is 33.0 Å². The summed E-state index contributed by atoms with van der Waals surface area (Å²) in [7, 11) is 0. The molecule has 0 aromatic heterocycles. The zero-order valence-electron chi connectivity index (χ0n) is 10.1. The van der Waals surface area contributed by atoms with Crippen molar-refractivity contribution in [1.29, 1.82) is 0 Å².